The minimum atomic E-state index is -1.34. The third kappa shape index (κ3) is 3.30. The van der Waals surface area contributed by atoms with Gasteiger partial charge in [-0.05, 0) is 36.5 Å². The van der Waals surface area contributed by atoms with Gasteiger partial charge in [0, 0.05) is 12.1 Å². The largest absolute Gasteiger partial charge is 0.380 e. The number of hydrogen-bond acceptors (Lipinski definition) is 4. The summed E-state index contributed by atoms with van der Waals surface area (Å²) in [6, 6.07) is 5.94. The summed E-state index contributed by atoms with van der Waals surface area (Å²) in [5.41, 5.74) is -0.805. The minimum Gasteiger partial charge on any atom is -0.380 e. The van der Waals surface area contributed by atoms with Crippen LogP contribution in [-0.4, -0.2) is 28.1 Å². The monoisotopic (exact) mass is 294 g/mol. The first-order valence-corrected chi connectivity index (χ1v) is 7.47. The molecule has 1 amide bonds. The number of thioether (sulfide) groups is 1. The Morgan fingerprint density at radius 3 is 2.80 bits per heavy atom. The van der Waals surface area contributed by atoms with Crippen LogP contribution in [0.1, 0.15) is 24.0 Å². The lowest BCUT2D eigenvalue weighted by atomic mass is 9.95. The molecule has 0 aliphatic carbocycles. The fourth-order valence-corrected chi connectivity index (χ4v) is 3.20. The van der Waals surface area contributed by atoms with Crippen LogP contribution >= 0.6 is 11.8 Å². The maximum atomic E-state index is 13.7. The van der Waals surface area contributed by atoms with E-state index in [-0.39, 0.29) is 12.1 Å². The Morgan fingerprint density at radius 2 is 2.20 bits per heavy atom. The van der Waals surface area contributed by atoms with Crippen LogP contribution in [0.25, 0.3) is 0 Å². The zero-order chi connectivity index (χ0) is 14.6. The topological polar surface area (TPSA) is 73.1 Å². The maximum Gasteiger partial charge on any atom is 0.252 e. The number of rotatable bonds is 3. The lowest BCUT2D eigenvalue weighted by Gasteiger charge is -2.30. The van der Waals surface area contributed by atoms with Crippen molar-refractivity contribution in [3.8, 4) is 6.07 Å². The van der Waals surface area contributed by atoms with E-state index >= 15 is 0 Å². The van der Waals surface area contributed by atoms with E-state index in [2.05, 4.69) is 5.32 Å². The summed E-state index contributed by atoms with van der Waals surface area (Å²) in [6.07, 6.45) is 0.832. The number of nitrogens with one attached hydrogen (secondary N) is 1. The molecule has 2 N–H and O–H groups in total. The molecule has 20 heavy (non-hydrogen) atoms. The molecule has 4 nitrogen and oxygen atoms in total. The van der Waals surface area contributed by atoms with E-state index in [0.717, 1.165) is 17.6 Å². The average molecular weight is 294 g/mol. The zero-order valence-corrected chi connectivity index (χ0v) is 11.7. The van der Waals surface area contributed by atoms with Crippen molar-refractivity contribution >= 4 is 17.7 Å². The van der Waals surface area contributed by atoms with E-state index in [1.807, 2.05) is 6.07 Å². The molecule has 1 saturated heterocycles. The number of nitrogens with zero attached hydrogens (tertiary/aromatic N) is 1. The molecule has 2 rings (SSSR count). The van der Waals surface area contributed by atoms with Crippen molar-refractivity contribution in [2.45, 2.75) is 25.0 Å². The first-order valence-electron chi connectivity index (χ1n) is 6.32. The van der Waals surface area contributed by atoms with E-state index < -0.39 is 17.3 Å². The Morgan fingerprint density at radius 1 is 1.50 bits per heavy atom. The van der Waals surface area contributed by atoms with Gasteiger partial charge in [0.2, 0.25) is 0 Å². The fourth-order valence-electron chi connectivity index (χ4n) is 2.04. The van der Waals surface area contributed by atoms with E-state index in [0.29, 0.717) is 18.4 Å². The average Bonchev–Trinajstić information content (AvgIpc) is 2.46. The summed E-state index contributed by atoms with van der Waals surface area (Å²) in [7, 11) is 0. The van der Waals surface area contributed by atoms with Crippen LogP contribution in [0.5, 0.6) is 0 Å². The van der Waals surface area contributed by atoms with Crippen molar-refractivity contribution in [1.82, 2.24) is 5.32 Å². The summed E-state index contributed by atoms with van der Waals surface area (Å²) < 4.78 is 13.7. The first-order chi connectivity index (χ1) is 9.55. The summed E-state index contributed by atoms with van der Waals surface area (Å²) in [4.78, 5) is 12.0. The Kier molecular flexibility index (Phi) is 4.63. The lowest BCUT2D eigenvalue weighted by molar-refractivity contribution is -0.140. The van der Waals surface area contributed by atoms with Crippen molar-refractivity contribution in [3.05, 3.63) is 35.1 Å². The molecule has 0 spiro atoms. The van der Waals surface area contributed by atoms with Crippen LogP contribution in [0.4, 0.5) is 4.39 Å². The molecule has 0 radical (unpaired) electrons. The second-order valence-corrected chi connectivity index (χ2v) is 5.97. The van der Waals surface area contributed by atoms with Crippen molar-refractivity contribution in [1.29, 1.82) is 5.26 Å². The van der Waals surface area contributed by atoms with Gasteiger partial charge in [-0.25, -0.2) is 4.39 Å². The highest BCUT2D eigenvalue weighted by Gasteiger charge is 2.37. The molecule has 6 heteroatoms. The van der Waals surface area contributed by atoms with E-state index in [1.165, 1.54) is 12.1 Å². The molecule has 1 heterocycles. The van der Waals surface area contributed by atoms with E-state index in [4.69, 9.17) is 5.26 Å². The van der Waals surface area contributed by atoms with Crippen LogP contribution in [0, 0.1) is 17.1 Å². The summed E-state index contributed by atoms with van der Waals surface area (Å²) in [6.45, 7) is 0.00578. The standard InChI is InChI=1S/C14H15FN2O2S/c15-12-7-10(8-16)1-2-11(12)9-17-13(18)14(19)3-5-20-6-4-14/h1-2,7,19H,3-6,9H2,(H,17,18). The molecular formula is C14H15FN2O2S. The van der Waals surface area contributed by atoms with Crippen LogP contribution in [0.3, 0.4) is 0 Å². The Balaban J connectivity index is 1.98. The Hall–Kier alpha value is -1.58. The smallest absolute Gasteiger partial charge is 0.252 e. The molecular weight excluding hydrogens is 279 g/mol. The van der Waals surface area contributed by atoms with Gasteiger partial charge < -0.3 is 10.4 Å². The molecule has 1 aromatic rings. The molecule has 0 bridgehead atoms. The van der Waals surface area contributed by atoms with Crippen molar-refractivity contribution < 1.29 is 14.3 Å². The summed E-state index contributed by atoms with van der Waals surface area (Å²) in [5, 5.41) is 21.4. The number of nitriles is 1. The summed E-state index contributed by atoms with van der Waals surface area (Å²) in [5.74, 6) is 0.502. The van der Waals surface area contributed by atoms with Crippen LogP contribution in [0.15, 0.2) is 18.2 Å². The minimum absolute atomic E-state index is 0.00578. The van der Waals surface area contributed by atoms with Gasteiger partial charge in [0.05, 0.1) is 11.6 Å². The molecule has 1 aromatic carbocycles. The van der Waals surface area contributed by atoms with Crippen molar-refractivity contribution in [2.75, 3.05) is 11.5 Å². The predicted octanol–water partition coefficient (Wildman–Crippen LogP) is 1.57. The normalized spacial score (nSPS) is 17.2. The highest BCUT2D eigenvalue weighted by molar-refractivity contribution is 7.99. The number of halogens is 1. The molecule has 0 saturated carbocycles. The van der Waals surface area contributed by atoms with E-state index in [1.54, 1.807) is 11.8 Å². The number of aliphatic hydroxyl groups is 1. The van der Waals surface area contributed by atoms with Crippen molar-refractivity contribution in [2.24, 2.45) is 0 Å². The molecule has 1 aliphatic rings. The van der Waals surface area contributed by atoms with Crippen LogP contribution in [0.2, 0.25) is 0 Å². The van der Waals surface area contributed by atoms with Gasteiger partial charge in [0.15, 0.2) is 0 Å². The molecule has 0 atom stereocenters. The maximum absolute atomic E-state index is 13.7. The van der Waals surface area contributed by atoms with Gasteiger partial charge >= 0.3 is 0 Å². The molecule has 0 unspecified atom stereocenters. The van der Waals surface area contributed by atoms with Crippen LogP contribution < -0.4 is 5.32 Å². The van der Waals surface area contributed by atoms with Gasteiger partial charge in [-0.1, -0.05) is 6.07 Å². The molecule has 1 fully saturated rings. The quantitative estimate of drug-likeness (QED) is 0.887. The van der Waals surface area contributed by atoms with Gasteiger partial charge in [-0.15, -0.1) is 0 Å². The highest BCUT2D eigenvalue weighted by atomic mass is 32.2. The number of amides is 1. The zero-order valence-electron chi connectivity index (χ0n) is 10.9. The van der Waals surface area contributed by atoms with Gasteiger partial charge in [-0.3, -0.25) is 4.79 Å². The molecule has 106 valence electrons. The third-order valence-corrected chi connectivity index (χ3v) is 4.35. The van der Waals surface area contributed by atoms with E-state index in [9.17, 15) is 14.3 Å². The third-order valence-electron chi connectivity index (χ3n) is 3.36. The SMILES string of the molecule is N#Cc1ccc(CNC(=O)C2(O)CCSCC2)c(F)c1. The van der Waals surface area contributed by atoms with Gasteiger partial charge in [-0.2, -0.15) is 17.0 Å². The molecule has 0 aromatic heterocycles. The fraction of sp³-hybridized carbons (Fsp3) is 0.429. The predicted molar refractivity (Wildman–Crippen MR) is 74.5 cm³/mol. The Labute approximate surface area is 121 Å². The summed E-state index contributed by atoms with van der Waals surface area (Å²) >= 11 is 1.70. The number of hydrogen-bond donors (Lipinski definition) is 2. The Bertz CT molecular complexity index is 551. The molecule has 1 aliphatic heterocycles. The first kappa shape index (κ1) is 14.8. The second kappa shape index (κ2) is 6.25. The van der Waals surface area contributed by atoms with Gasteiger partial charge in [0.1, 0.15) is 11.4 Å². The number of carbonyl (C=O) groups excluding carboxylic acids is 1. The number of benzene rings is 1. The lowest BCUT2D eigenvalue weighted by Crippen LogP contribution is -2.48. The van der Waals surface area contributed by atoms with Crippen LogP contribution in [-0.2, 0) is 11.3 Å². The van der Waals surface area contributed by atoms with Gasteiger partial charge in [0.25, 0.3) is 5.91 Å². The second-order valence-electron chi connectivity index (χ2n) is 4.74. The van der Waals surface area contributed by atoms with Crippen molar-refractivity contribution in [3.63, 3.8) is 0 Å². The highest BCUT2D eigenvalue weighted by Crippen LogP contribution is 2.27. The number of carbonyl (C=O) groups is 1.